The molecule has 22 heavy (non-hydrogen) atoms. The Labute approximate surface area is 238 Å². The summed E-state index contributed by atoms with van der Waals surface area (Å²) in [5.41, 5.74) is 0.761. The van der Waals surface area contributed by atoms with E-state index in [-0.39, 0.29) is 137 Å². The van der Waals surface area contributed by atoms with Crippen molar-refractivity contribution in [2.24, 2.45) is 0 Å². The Morgan fingerprint density at radius 2 is 1.82 bits per heavy atom. The van der Waals surface area contributed by atoms with Crippen LogP contribution in [0.1, 0.15) is 6.23 Å². The SMILES string of the molecule is OC[C@H]1O[C@@H](n2cnc3c(Cl)ncnc32)C(O)C1O.[Ac].[Ac].[Ac]. The average Bonchev–Trinajstić information content (AvgIpc) is 2.94. The number of imidazole rings is 1. The maximum Gasteiger partial charge on any atom is 0.167 e. The minimum Gasteiger partial charge on any atom is -0.394 e. The van der Waals surface area contributed by atoms with Gasteiger partial charge in [-0.3, -0.25) is 4.57 Å². The Hall–Kier alpha value is 3.00. The van der Waals surface area contributed by atoms with E-state index in [1.54, 1.807) is 0 Å². The molecule has 8 nitrogen and oxygen atoms in total. The topological polar surface area (TPSA) is 114 Å². The van der Waals surface area contributed by atoms with E-state index in [9.17, 15) is 10.2 Å². The summed E-state index contributed by atoms with van der Waals surface area (Å²) in [6.07, 6.45) is -1.44. The van der Waals surface area contributed by atoms with Crippen molar-refractivity contribution in [3.8, 4) is 0 Å². The number of aromatic nitrogens is 4. The van der Waals surface area contributed by atoms with Crippen LogP contribution >= 0.6 is 11.6 Å². The quantitative estimate of drug-likeness (QED) is 0.335. The van der Waals surface area contributed by atoms with Crippen LogP contribution in [0, 0.1) is 132 Å². The van der Waals surface area contributed by atoms with Gasteiger partial charge in [-0.2, -0.15) is 0 Å². The predicted octanol–water partition coefficient (Wildman–Crippen LogP) is -0.909. The Kier molecular flexibility index (Phi) is 12.5. The van der Waals surface area contributed by atoms with Crippen LogP contribution in [-0.2, 0) is 4.74 Å². The van der Waals surface area contributed by atoms with Gasteiger partial charge in [-0.15, -0.1) is 0 Å². The molecule has 12 heteroatoms. The summed E-state index contributed by atoms with van der Waals surface area (Å²) >= 11 is 5.88. The zero-order valence-electron chi connectivity index (χ0n) is 11.3. The fourth-order valence-corrected chi connectivity index (χ4v) is 2.30. The molecule has 0 saturated carbocycles. The third-order valence-corrected chi connectivity index (χ3v) is 3.38. The van der Waals surface area contributed by atoms with Crippen molar-refractivity contribution < 1.29 is 152 Å². The number of halogens is 1. The van der Waals surface area contributed by atoms with Gasteiger partial charge in [0.25, 0.3) is 0 Å². The number of nitrogens with zero attached hydrogens (tertiary/aromatic N) is 4. The molecule has 4 atom stereocenters. The van der Waals surface area contributed by atoms with Crippen LogP contribution in [0.5, 0.6) is 0 Å². The van der Waals surface area contributed by atoms with Crippen LogP contribution in [0.3, 0.4) is 0 Å². The van der Waals surface area contributed by atoms with Crippen molar-refractivity contribution in [2.45, 2.75) is 24.5 Å². The molecule has 0 amide bonds. The first kappa shape index (κ1) is 25.0. The summed E-state index contributed by atoms with van der Waals surface area (Å²) in [5.74, 6) is 0. The van der Waals surface area contributed by atoms with Crippen LogP contribution < -0.4 is 0 Å². The smallest absolute Gasteiger partial charge is 0.167 e. The predicted molar refractivity (Wildman–Crippen MR) is 63.3 cm³/mol. The normalized spacial score (nSPS) is 26.9. The summed E-state index contributed by atoms with van der Waals surface area (Å²) in [6.45, 7) is -0.392. The molecule has 1 aliphatic heterocycles. The van der Waals surface area contributed by atoms with E-state index in [1.165, 1.54) is 17.2 Å². The summed E-state index contributed by atoms with van der Waals surface area (Å²) in [6, 6.07) is 0. The first-order valence-corrected chi connectivity index (χ1v) is 5.96. The second kappa shape index (κ2) is 11.0. The van der Waals surface area contributed by atoms with Gasteiger partial charge >= 0.3 is 0 Å². The number of aliphatic hydroxyl groups is 3. The molecule has 1 aliphatic rings. The Balaban J connectivity index is 0.00000147. The van der Waals surface area contributed by atoms with E-state index < -0.39 is 31.1 Å². The van der Waals surface area contributed by atoms with Crippen LogP contribution in [0.25, 0.3) is 11.2 Å². The van der Waals surface area contributed by atoms with Gasteiger partial charge in [0.2, 0.25) is 0 Å². The molecule has 0 bridgehead atoms. The fraction of sp³-hybridized carbons (Fsp3) is 0.500. The number of hydrogen-bond acceptors (Lipinski definition) is 7. The van der Waals surface area contributed by atoms with Gasteiger partial charge in [-0.25, -0.2) is 15.0 Å². The standard InChI is InChI=1S/C10H11ClN4O4.3Ac/c11-8-5-9(13-2-12-8)15(3-14-5)10-7(18)6(17)4(1-16)19-10;;;/h2-4,6-7,10,16-18H,1H2;;;/t4-,6?,7?,10-;;;/m1.../s1. The molecule has 111 valence electrons. The second-order valence-electron chi connectivity index (χ2n) is 4.22. The fourth-order valence-electron chi connectivity index (χ4n) is 2.12. The van der Waals surface area contributed by atoms with E-state index in [1.807, 2.05) is 0 Å². The molecule has 0 aliphatic carbocycles. The molecule has 3 radical (unpaired) electrons. The third-order valence-electron chi connectivity index (χ3n) is 3.11. The number of ether oxygens (including phenoxy) is 1. The maximum atomic E-state index is 9.95. The molecule has 1 saturated heterocycles. The molecule has 3 rings (SSSR count). The van der Waals surface area contributed by atoms with Crippen molar-refractivity contribution in [3.63, 3.8) is 0 Å². The summed E-state index contributed by atoms with van der Waals surface area (Å²) in [4.78, 5) is 11.9. The van der Waals surface area contributed by atoms with Gasteiger partial charge < -0.3 is 20.1 Å². The summed E-state index contributed by atoms with van der Waals surface area (Å²) in [5, 5.41) is 28.9. The molecule has 0 aromatic carbocycles. The van der Waals surface area contributed by atoms with Crippen LogP contribution in [0.2, 0.25) is 5.15 Å². The average molecular weight is 968 g/mol. The second-order valence-corrected chi connectivity index (χ2v) is 4.58. The molecule has 1 fully saturated rings. The van der Waals surface area contributed by atoms with Gasteiger partial charge in [0.1, 0.15) is 30.2 Å². The van der Waals surface area contributed by atoms with E-state index in [0.29, 0.717) is 11.2 Å². The molecule has 2 aromatic rings. The molecule has 2 aromatic heterocycles. The minimum atomic E-state index is -1.19. The Bertz CT molecular complexity index is 619. The van der Waals surface area contributed by atoms with Crippen LogP contribution in [-0.4, -0.2) is 59.8 Å². The number of aliphatic hydroxyl groups excluding tert-OH is 3. The van der Waals surface area contributed by atoms with Crippen molar-refractivity contribution in [2.75, 3.05) is 6.61 Å². The van der Waals surface area contributed by atoms with Crippen LogP contribution in [0.15, 0.2) is 12.7 Å². The first-order valence-electron chi connectivity index (χ1n) is 5.59. The molecule has 3 N–H and O–H groups in total. The van der Waals surface area contributed by atoms with Gasteiger partial charge in [0.15, 0.2) is 17.0 Å². The molecule has 3 heterocycles. The third kappa shape index (κ3) is 4.83. The summed E-state index contributed by atoms with van der Waals surface area (Å²) < 4.78 is 6.85. The van der Waals surface area contributed by atoms with Crippen molar-refractivity contribution >= 4 is 22.8 Å². The monoisotopic (exact) mass is 967 g/mol. The zero-order valence-corrected chi connectivity index (χ0v) is 26.3. The van der Waals surface area contributed by atoms with Gasteiger partial charge in [0.05, 0.1) is 12.9 Å². The largest absolute Gasteiger partial charge is 0.394 e. The number of fused-ring (bicyclic) bond motifs is 1. The van der Waals surface area contributed by atoms with Gasteiger partial charge in [-0.05, 0) is 0 Å². The van der Waals surface area contributed by atoms with Gasteiger partial charge in [-0.1, -0.05) is 11.6 Å². The Morgan fingerprint density at radius 1 is 1.14 bits per heavy atom. The molecule has 2 unspecified atom stereocenters. The Morgan fingerprint density at radius 3 is 2.41 bits per heavy atom. The van der Waals surface area contributed by atoms with Crippen LogP contribution in [0.4, 0.5) is 0 Å². The zero-order chi connectivity index (χ0) is 13.6. The maximum absolute atomic E-state index is 9.95. The summed E-state index contributed by atoms with van der Waals surface area (Å²) in [7, 11) is 0. The van der Waals surface area contributed by atoms with E-state index in [0.717, 1.165) is 0 Å². The molecular weight excluding hydrogens is 957 g/mol. The van der Waals surface area contributed by atoms with E-state index in [2.05, 4.69) is 15.0 Å². The number of rotatable bonds is 2. The molecular formula is C10H11Ac3ClN4O4. The minimum absolute atomic E-state index is 0. The van der Waals surface area contributed by atoms with E-state index >= 15 is 0 Å². The number of hydrogen-bond donors (Lipinski definition) is 3. The van der Waals surface area contributed by atoms with Crippen molar-refractivity contribution in [3.05, 3.63) is 17.8 Å². The molecule has 0 spiro atoms. The van der Waals surface area contributed by atoms with E-state index in [4.69, 9.17) is 21.4 Å². The first-order chi connectivity index (χ1) is 9.13. The van der Waals surface area contributed by atoms with Crippen molar-refractivity contribution in [1.29, 1.82) is 0 Å². The van der Waals surface area contributed by atoms with Crippen molar-refractivity contribution in [1.82, 2.24) is 19.5 Å². The van der Waals surface area contributed by atoms with Gasteiger partial charge in [0, 0.05) is 132 Å².